The average Bonchev–Trinajstić information content (AvgIpc) is 3.28. The van der Waals surface area contributed by atoms with Crippen molar-refractivity contribution >= 4 is 11.9 Å². The number of carbonyl (C=O) groups excluding carboxylic acids is 2. The summed E-state index contributed by atoms with van der Waals surface area (Å²) in [5.41, 5.74) is 0. The van der Waals surface area contributed by atoms with Crippen LogP contribution in [0.3, 0.4) is 0 Å². The zero-order valence-electron chi connectivity index (χ0n) is 42.7. The van der Waals surface area contributed by atoms with Crippen LogP contribution in [0.5, 0.6) is 0 Å². The van der Waals surface area contributed by atoms with Crippen molar-refractivity contribution in [3.05, 3.63) is 12.2 Å². The second-order valence-electron chi connectivity index (χ2n) is 19.7. The van der Waals surface area contributed by atoms with Crippen LogP contribution in [0.4, 0.5) is 0 Å². The first kappa shape index (κ1) is 61.6. The van der Waals surface area contributed by atoms with E-state index in [0.29, 0.717) is 19.3 Å². The summed E-state index contributed by atoms with van der Waals surface area (Å²) >= 11 is 0. The molecule has 0 aromatic heterocycles. The molecule has 0 bridgehead atoms. The minimum atomic E-state index is -0.785. The Labute approximate surface area is 393 Å². The van der Waals surface area contributed by atoms with Crippen LogP contribution in [-0.2, 0) is 14.3 Å². The number of unbranched alkanes of at least 4 members (excludes halogenated alkanes) is 38. The van der Waals surface area contributed by atoms with Gasteiger partial charge in [-0.2, -0.15) is 0 Å². The van der Waals surface area contributed by atoms with Gasteiger partial charge in [0.15, 0.2) is 0 Å². The summed E-state index contributed by atoms with van der Waals surface area (Å²) in [4.78, 5) is 26.2. The van der Waals surface area contributed by atoms with Crippen molar-refractivity contribution in [3.63, 3.8) is 0 Å². The van der Waals surface area contributed by atoms with Crippen LogP contribution in [0, 0.1) is 0 Å². The van der Waals surface area contributed by atoms with Crippen LogP contribution in [0.15, 0.2) is 12.2 Å². The second kappa shape index (κ2) is 51.6. The van der Waals surface area contributed by atoms with Crippen LogP contribution in [0.25, 0.3) is 0 Å². The first-order valence-corrected chi connectivity index (χ1v) is 28.4. The molecule has 1 amide bonds. The zero-order valence-corrected chi connectivity index (χ0v) is 42.7. The Balaban J connectivity index is 4.48. The lowest BCUT2D eigenvalue weighted by atomic mass is 10.0. The van der Waals surface area contributed by atoms with E-state index in [2.05, 4.69) is 38.2 Å². The first-order valence-electron chi connectivity index (χ1n) is 28.4. The third kappa shape index (κ3) is 46.9. The molecule has 0 rings (SSSR count). The molecule has 3 atom stereocenters. The highest BCUT2D eigenvalue weighted by Gasteiger charge is 2.24. The predicted molar refractivity (Wildman–Crippen MR) is 273 cm³/mol. The number of ether oxygens (including phenoxy) is 1. The molecule has 6 nitrogen and oxygen atoms in total. The van der Waals surface area contributed by atoms with E-state index in [1.807, 2.05) is 0 Å². The summed E-state index contributed by atoms with van der Waals surface area (Å²) < 4.78 is 5.95. The molecule has 0 saturated carbocycles. The first-order chi connectivity index (χ1) is 31.0. The topological polar surface area (TPSA) is 95.9 Å². The van der Waals surface area contributed by atoms with E-state index in [9.17, 15) is 19.8 Å². The van der Waals surface area contributed by atoms with Crippen molar-refractivity contribution in [2.24, 2.45) is 0 Å². The SMILES string of the molecule is CCCCCCCCCCC/C=C/CCCCCC(CC(=O)NC(CO)C(O)CCCCCCCCCCC)OC(=O)CCCCCCCCCCCCCCCCCCCCC. The molecule has 0 fully saturated rings. The number of carbonyl (C=O) groups is 2. The molecule has 3 N–H and O–H groups in total. The molecule has 63 heavy (non-hydrogen) atoms. The van der Waals surface area contributed by atoms with E-state index >= 15 is 0 Å². The van der Waals surface area contributed by atoms with E-state index in [0.717, 1.165) is 64.2 Å². The average molecular weight is 891 g/mol. The smallest absolute Gasteiger partial charge is 0.306 e. The molecule has 374 valence electrons. The fourth-order valence-corrected chi connectivity index (χ4v) is 9.02. The minimum Gasteiger partial charge on any atom is -0.462 e. The molecule has 0 aromatic carbocycles. The Morgan fingerprint density at radius 2 is 0.762 bits per heavy atom. The van der Waals surface area contributed by atoms with Gasteiger partial charge in [-0.1, -0.05) is 264 Å². The summed E-state index contributed by atoms with van der Waals surface area (Å²) in [5, 5.41) is 23.7. The Kier molecular flexibility index (Phi) is 50.4. The van der Waals surface area contributed by atoms with E-state index in [4.69, 9.17) is 4.74 Å². The maximum Gasteiger partial charge on any atom is 0.306 e. The highest BCUT2D eigenvalue weighted by molar-refractivity contribution is 5.77. The normalized spacial score (nSPS) is 13.2. The zero-order chi connectivity index (χ0) is 45.9. The Bertz CT molecular complexity index is 955. The second-order valence-corrected chi connectivity index (χ2v) is 19.7. The summed E-state index contributed by atoms with van der Waals surface area (Å²) in [6.07, 6.45) is 58.6. The van der Waals surface area contributed by atoms with Gasteiger partial charge < -0.3 is 20.3 Å². The minimum absolute atomic E-state index is 0.0742. The Morgan fingerprint density at radius 1 is 0.444 bits per heavy atom. The van der Waals surface area contributed by atoms with Crippen LogP contribution in [0.1, 0.15) is 316 Å². The number of amides is 1. The molecule has 0 aliphatic heterocycles. The number of hydrogen-bond acceptors (Lipinski definition) is 5. The standard InChI is InChI=1S/C57H111NO5/c1-4-7-10-13-16-19-21-23-25-27-28-29-31-33-35-38-41-44-47-50-57(62)63-53(48-45-42-39-37-34-32-30-26-24-22-20-17-14-11-8-5-2)51-56(61)58-54(52-59)55(60)49-46-43-40-36-18-15-12-9-6-3/h32,34,53-55,59-60H,4-31,33,35-52H2,1-3H3,(H,58,61)/b34-32+. The van der Waals surface area contributed by atoms with E-state index in [1.165, 1.54) is 205 Å². The van der Waals surface area contributed by atoms with Gasteiger partial charge in [0, 0.05) is 6.42 Å². The van der Waals surface area contributed by atoms with Crippen LogP contribution < -0.4 is 5.32 Å². The molecular weight excluding hydrogens is 779 g/mol. The molecule has 0 spiro atoms. The number of esters is 1. The maximum absolute atomic E-state index is 13.2. The van der Waals surface area contributed by atoms with E-state index in [1.54, 1.807) is 0 Å². The Hall–Kier alpha value is -1.40. The van der Waals surface area contributed by atoms with Gasteiger partial charge in [-0.25, -0.2) is 0 Å². The van der Waals surface area contributed by atoms with Gasteiger partial charge in [-0.05, 0) is 51.4 Å². The van der Waals surface area contributed by atoms with Crippen molar-refractivity contribution in [2.75, 3.05) is 6.61 Å². The summed E-state index contributed by atoms with van der Waals surface area (Å²) in [6, 6.07) is -0.699. The molecule has 3 unspecified atom stereocenters. The van der Waals surface area contributed by atoms with Gasteiger partial charge in [-0.3, -0.25) is 9.59 Å². The Morgan fingerprint density at radius 3 is 1.14 bits per heavy atom. The summed E-state index contributed by atoms with van der Waals surface area (Å²) in [7, 11) is 0. The molecule has 0 radical (unpaired) electrons. The predicted octanol–water partition coefficient (Wildman–Crippen LogP) is 17.3. The highest BCUT2D eigenvalue weighted by Crippen LogP contribution is 2.19. The molecular formula is C57H111NO5. The van der Waals surface area contributed by atoms with Crippen LogP contribution >= 0.6 is 0 Å². The van der Waals surface area contributed by atoms with Gasteiger partial charge in [0.1, 0.15) is 6.10 Å². The molecule has 0 aliphatic carbocycles. The number of allylic oxidation sites excluding steroid dienone is 2. The van der Waals surface area contributed by atoms with E-state index < -0.39 is 18.2 Å². The summed E-state index contributed by atoms with van der Waals surface area (Å²) in [5.74, 6) is -0.468. The van der Waals surface area contributed by atoms with Gasteiger partial charge in [0.05, 0.1) is 25.2 Å². The van der Waals surface area contributed by atoms with Gasteiger partial charge >= 0.3 is 5.97 Å². The largest absolute Gasteiger partial charge is 0.462 e. The number of nitrogens with one attached hydrogen (secondary N) is 1. The van der Waals surface area contributed by atoms with Gasteiger partial charge in [0.25, 0.3) is 0 Å². The molecule has 0 aromatic rings. The number of hydrogen-bond donors (Lipinski definition) is 3. The third-order valence-electron chi connectivity index (χ3n) is 13.3. The van der Waals surface area contributed by atoms with Crippen molar-refractivity contribution in [1.82, 2.24) is 5.32 Å². The molecule has 0 aliphatic rings. The van der Waals surface area contributed by atoms with E-state index in [-0.39, 0.29) is 24.9 Å². The van der Waals surface area contributed by atoms with Crippen LogP contribution in [-0.4, -0.2) is 46.9 Å². The lowest BCUT2D eigenvalue weighted by Gasteiger charge is -2.24. The van der Waals surface area contributed by atoms with Crippen LogP contribution in [0.2, 0.25) is 0 Å². The number of rotatable bonds is 52. The maximum atomic E-state index is 13.2. The van der Waals surface area contributed by atoms with Gasteiger partial charge in [-0.15, -0.1) is 0 Å². The fraction of sp³-hybridized carbons (Fsp3) is 0.930. The lowest BCUT2D eigenvalue weighted by molar-refractivity contribution is -0.151. The molecule has 0 saturated heterocycles. The number of aliphatic hydroxyl groups excluding tert-OH is 2. The lowest BCUT2D eigenvalue weighted by Crippen LogP contribution is -2.46. The molecule has 6 heteroatoms. The van der Waals surface area contributed by atoms with Gasteiger partial charge in [0.2, 0.25) is 5.91 Å². The monoisotopic (exact) mass is 890 g/mol. The van der Waals surface area contributed by atoms with Crippen molar-refractivity contribution < 1.29 is 24.5 Å². The van der Waals surface area contributed by atoms with Crippen molar-refractivity contribution in [3.8, 4) is 0 Å². The van der Waals surface area contributed by atoms with Crippen molar-refractivity contribution in [2.45, 2.75) is 334 Å². The highest BCUT2D eigenvalue weighted by atomic mass is 16.5. The molecule has 0 heterocycles. The van der Waals surface area contributed by atoms with Crippen molar-refractivity contribution in [1.29, 1.82) is 0 Å². The number of aliphatic hydroxyl groups is 2. The summed E-state index contributed by atoms with van der Waals surface area (Å²) in [6.45, 7) is 6.50. The third-order valence-corrected chi connectivity index (χ3v) is 13.3. The quantitative estimate of drug-likeness (QED) is 0.0321. The fourth-order valence-electron chi connectivity index (χ4n) is 9.02.